The molecule has 0 aromatic rings. The predicted octanol–water partition coefficient (Wildman–Crippen LogP) is 6.00. The Morgan fingerprint density at radius 1 is 0.941 bits per heavy atom. The first-order valence-electron chi connectivity index (χ1n) is 5.94. The predicted molar refractivity (Wildman–Crippen MR) is 91.8 cm³/mol. The molecule has 0 spiro atoms. The van der Waals surface area contributed by atoms with Crippen LogP contribution in [0.4, 0.5) is 0 Å². The van der Waals surface area contributed by atoms with E-state index in [-0.39, 0.29) is 0 Å². The monoisotopic (exact) mass is 493 g/mol. The fourth-order valence-corrected chi connectivity index (χ4v) is 15.4. The van der Waals surface area contributed by atoms with E-state index in [9.17, 15) is 0 Å². The van der Waals surface area contributed by atoms with Crippen molar-refractivity contribution in [3.8, 4) is 0 Å². The molecule has 0 aromatic heterocycles. The summed E-state index contributed by atoms with van der Waals surface area (Å²) in [5, 5.41) is 0. The van der Waals surface area contributed by atoms with E-state index in [0.29, 0.717) is 10.8 Å². The van der Waals surface area contributed by atoms with Crippen molar-refractivity contribution in [3.05, 3.63) is 0 Å². The minimum absolute atomic E-state index is 0.494. The van der Waals surface area contributed by atoms with Crippen LogP contribution in [0.3, 0.4) is 0 Å². The number of hydrogen-bond donors (Lipinski definition) is 0. The van der Waals surface area contributed by atoms with Gasteiger partial charge in [0.1, 0.15) is 0 Å². The van der Waals surface area contributed by atoms with Gasteiger partial charge in [0.25, 0.3) is 0 Å². The van der Waals surface area contributed by atoms with Gasteiger partial charge in [0.15, 0.2) is 0 Å². The van der Waals surface area contributed by atoms with Gasteiger partial charge < -0.3 is 0 Å². The molecule has 0 heterocycles. The summed E-state index contributed by atoms with van der Waals surface area (Å²) in [7, 11) is 2.26. The Kier molecular flexibility index (Phi) is 9.91. The van der Waals surface area contributed by atoms with Crippen molar-refractivity contribution in [1.29, 1.82) is 0 Å². The van der Waals surface area contributed by atoms with Gasteiger partial charge in [-0.2, -0.15) is 0 Å². The molecule has 0 bridgehead atoms. The fraction of sp³-hybridized carbons (Fsp3) is 1.00. The first-order valence-corrected chi connectivity index (χ1v) is 17.6. The molecular weight excluding hydrogens is 467 g/mol. The van der Waals surface area contributed by atoms with Gasteiger partial charge in [0, 0.05) is 0 Å². The van der Waals surface area contributed by atoms with E-state index in [1.54, 1.807) is 0 Å². The molecule has 0 aromatic carbocycles. The molecule has 3 unspecified atom stereocenters. The quantitative estimate of drug-likeness (QED) is 0.314. The fourth-order valence-electron chi connectivity index (χ4n) is 1.17. The van der Waals surface area contributed by atoms with Gasteiger partial charge in [-0.15, -0.1) is 0 Å². The first kappa shape index (κ1) is 19.4. The topological polar surface area (TPSA) is 0 Å². The molecule has 0 radical (unpaired) electrons. The van der Waals surface area contributed by atoms with Crippen LogP contribution >= 0.6 is 44.4 Å². The Balaban J connectivity index is 4.00. The number of halogens is 2. The van der Waals surface area contributed by atoms with E-state index in [1.165, 1.54) is 18.5 Å². The zero-order valence-electron chi connectivity index (χ0n) is 11.8. The molecule has 107 valence electrons. The van der Waals surface area contributed by atoms with Gasteiger partial charge in [-0.05, 0) is 0 Å². The second-order valence-electron chi connectivity index (χ2n) is 6.79. The van der Waals surface area contributed by atoms with Crippen LogP contribution in [0.2, 0.25) is 0 Å². The Hall–Kier alpha value is 2.44. The molecule has 0 rings (SSSR count). The van der Waals surface area contributed by atoms with Crippen molar-refractivity contribution >= 4 is 44.4 Å². The summed E-state index contributed by atoms with van der Waals surface area (Å²) in [6, 6.07) is 0. The average molecular weight is 494 g/mol. The van der Waals surface area contributed by atoms with Gasteiger partial charge in [-0.1, -0.05) is 0 Å². The summed E-state index contributed by atoms with van der Waals surface area (Å²) >= 11 is 6.86. The van der Waals surface area contributed by atoms with E-state index >= 15 is 0 Å². The number of hydrogen-bond acceptors (Lipinski definition) is 0. The normalized spacial score (nSPS) is 17.3. The SMILES string of the molecule is CC(C)(C)CPC[CH](PCC(C)(C)C)[Ru]([Br])[Br]. The number of rotatable bonds is 6. The van der Waals surface area contributed by atoms with E-state index in [1.807, 2.05) is 0 Å². The van der Waals surface area contributed by atoms with Gasteiger partial charge in [0.05, 0.1) is 0 Å². The summed E-state index contributed by atoms with van der Waals surface area (Å²) in [5.41, 5.74) is 1.00. The Morgan fingerprint density at radius 2 is 1.41 bits per heavy atom. The summed E-state index contributed by atoms with van der Waals surface area (Å²) in [6.45, 7) is 14.1. The Bertz CT molecular complexity index is 210. The third-order valence-corrected chi connectivity index (χ3v) is 18.7. The van der Waals surface area contributed by atoms with Gasteiger partial charge in [0.2, 0.25) is 0 Å². The summed E-state index contributed by atoms with van der Waals surface area (Å²) in [5.74, 6) is 0. The maximum atomic E-state index is 3.86. The van der Waals surface area contributed by atoms with Gasteiger partial charge >= 0.3 is 132 Å². The molecule has 17 heavy (non-hydrogen) atoms. The molecule has 0 saturated carbocycles. The van der Waals surface area contributed by atoms with E-state index in [4.69, 9.17) is 0 Å². The van der Waals surface area contributed by atoms with E-state index in [2.05, 4.69) is 68.8 Å². The van der Waals surface area contributed by atoms with E-state index in [0.717, 1.165) is 21.4 Å². The molecule has 5 heteroatoms. The second-order valence-corrected chi connectivity index (χ2v) is 24.2. The second kappa shape index (κ2) is 8.67. The third-order valence-electron chi connectivity index (χ3n) is 2.01. The van der Waals surface area contributed by atoms with Crippen LogP contribution in [0, 0.1) is 10.8 Å². The standard InChI is InChI=1S/C12H27P2.2BrH.Ru/c1-11(2,3)9-13-7-8-14-10-12(4,5)6;;;/h7,13-14H,8-10H2,1-6H3;2*1H;/q;;;+2/p-2. The molecule has 0 fully saturated rings. The van der Waals surface area contributed by atoms with Crippen molar-refractivity contribution < 1.29 is 12.0 Å². The van der Waals surface area contributed by atoms with Crippen molar-refractivity contribution in [2.75, 3.05) is 18.5 Å². The van der Waals surface area contributed by atoms with Crippen LogP contribution in [-0.4, -0.2) is 22.7 Å². The van der Waals surface area contributed by atoms with Crippen molar-refractivity contribution in [2.24, 2.45) is 10.8 Å². The van der Waals surface area contributed by atoms with Gasteiger partial charge in [-0.3, -0.25) is 0 Å². The molecular formula is C12H27Br2P2Ru. The summed E-state index contributed by atoms with van der Waals surface area (Å²) < 4.78 is 0.944. The molecule has 0 aliphatic rings. The summed E-state index contributed by atoms with van der Waals surface area (Å²) in [4.78, 5) is 0. The van der Waals surface area contributed by atoms with Crippen LogP contribution in [0.5, 0.6) is 0 Å². The molecule has 3 atom stereocenters. The molecule has 0 amide bonds. The maximum absolute atomic E-state index is 3.86. The zero-order valence-corrected chi connectivity index (χ0v) is 18.7. The van der Waals surface area contributed by atoms with Crippen LogP contribution < -0.4 is 0 Å². The molecule has 0 aliphatic heterocycles. The Morgan fingerprint density at radius 3 is 1.76 bits per heavy atom. The summed E-state index contributed by atoms with van der Waals surface area (Å²) in [6.07, 6.45) is 4.19. The van der Waals surface area contributed by atoms with E-state index < -0.39 is 12.0 Å². The molecule has 0 aliphatic carbocycles. The van der Waals surface area contributed by atoms with Crippen LogP contribution in [0.25, 0.3) is 0 Å². The molecule has 0 nitrogen and oxygen atoms in total. The van der Waals surface area contributed by atoms with Crippen LogP contribution in [0.1, 0.15) is 41.5 Å². The van der Waals surface area contributed by atoms with Crippen LogP contribution in [-0.2, 0) is 12.0 Å². The first-order chi connectivity index (χ1) is 7.51. The molecule has 0 saturated heterocycles. The molecule has 0 N–H and O–H groups in total. The van der Waals surface area contributed by atoms with Crippen LogP contribution in [0.15, 0.2) is 0 Å². The van der Waals surface area contributed by atoms with Gasteiger partial charge in [-0.25, -0.2) is 0 Å². The minimum atomic E-state index is -0.858. The van der Waals surface area contributed by atoms with Crippen molar-refractivity contribution in [2.45, 2.75) is 45.8 Å². The average Bonchev–Trinajstić information content (AvgIpc) is 2.06. The van der Waals surface area contributed by atoms with Crippen molar-refractivity contribution in [3.63, 3.8) is 0 Å². The third kappa shape index (κ3) is 13.2. The zero-order chi connectivity index (χ0) is 13.7. The Labute approximate surface area is 130 Å². The van der Waals surface area contributed by atoms with Crippen molar-refractivity contribution in [1.82, 2.24) is 0 Å².